The number of fused-ring (bicyclic) bond motifs is 1. The molecule has 0 saturated heterocycles. The molecule has 0 bridgehead atoms. The van der Waals surface area contributed by atoms with E-state index in [0.717, 1.165) is 11.1 Å². The lowest BCUT2D eigenvalue weighted by molar-refractivity contribution is -0.122. The largest absolute Gasteiger partial charge is 0.482 e. The summed E-state index contributed by atoms with van der Waals surface area (Å²) in [6, 6.07) is 20.2. The molecular weight excluding hydrogens is 394 g/mol. The fourth-order valence-electron chi connectivity index (χ4n) is 3.45. The monoisotopic (exact) mass is 417 g/mol. The van der Waals surface area contributed by atoms with Gasteiger partial charge in [0.1, 0.15) is 5.75 Å². The van der Waals surface area contributed by atoms with Crippen LogP contribution in [0.2, 0.25) is 0 Å². The molecule has 0 fully saturated rings. The zero-order valence-corrected chi connectivity index (χ0v) is 17.0. The normalized spacial score (nSPS) is 12.8. The Morgan fingerprint density at radius 1 is 0.935 bits per heavy atom. The molecule has 4 rings (SSSR count). The summed E-state index contributed by atoms with van der Waals surface area (Å²) in [5, 5.41) is 2.89. The van der Waals surface area contributed by atoms with E-state index in [4.69, 9.17) is 4.74 Å². The smallest absolute Gasteiger partial charge is 0.265 e. The number of hydrogen-bond donors (Lipinski definition) is 1. The quantitative estimate of drug-likeness (QED) is 0.640. The highest BCUT2D eigenvalue weighted by atomic mass is 16.5. The number of nitrogens with zero attached hydrogens (tertiary/aromatic N) is 2. The van der Waals surface area contributed by atoms with Crippen LogP contribution in [0.25, 0.3) is 0 Å². The average Bonchev–Trinajstić information content (AvgIpc) is 2.79. The minimum Gasteiger partial charge on any atom is -0.482 e. The van der Waals surface area contributed by atoms with Gasteiger partial charge in [0.2, 0.25) is 5.91 Å². The van der Waals surface area contributed by atoms with Gasteiger partial charge < -0.3 is 19.5 Å². The number of anilines is 1. The highest BCUT2D eigenvalue weighted by molar-refractivity contribution is 5.98. The van der Waals surface area contributed by atoms with Crippen molar-refractivity contribution in [1.82, 2.24) is 9.88 Å². The maximum absolute atomic E-state index is 12.3. The van der Waals surface area contributed by atoms with Gasteiger partial charge in [-0.25, -0.2) is 0 Å². The maximum Gasteiger partial charge on any atom is 0.265 e. The molecule has 2 amide bonds. The summed E-state index contributed by atoms with van der Waals surface area (Å²) in [7, 11) is 0. The van der Waals surface area contributed by atoms with Crippen LogP contribution in [-0.2, 0) is 22.7 Å². The molecule has 3 aromatic rings. The van der Waals surface area contributed by atoms with Crippen LogP contribution in [0.3, 0.4) is 0 Å². The topological polar surface area (TPSA) is 80.6 Å². The number of carbonyl (C=O) groups is 2. The van der Waals surface area contributed by atoms with Gasteiger partial charge in [-0.15, -0.1) is 0 Å². The molecule has 0 aliphatic carbocycles. The first kappa shape index (κ1) is 20.4. The zero-order chi connectivity index (χ0) is 21.6. The highest BCUT2D eigenvalue weighted by Gasteiger charge is 2.25. The van der Waals surface area contributed by atoms with Gasteiger partial charge in [-0.2, -0.15) is 0 Å². The molecule has 31 heavy (non-hydrogen) atoms. The Balaban J connectivity index is 1.28. The van der Waals surface area contributed by atoms with E-state index in [9.17, 15) is 14.4 Å². The van der Waals surface area contributed by atoms with Crippen LogP contribution in [0, 0.1) is 0 Å². The lowest BCUT2D eigenvalue weighted by atomic mass is 10.1. The molecule has 7 nitrogen and oxygen atoms in total. The second-order valence-corrected chi connectivity index (χ2v) is 7.31. The van der Waals surface area contributed by atoms with Gasteiger partial charge in [0.25, 0.3) is 11.5 Å². The van der Waals surface area contributed by atoms with E-state index in [1.807, 2.05) is 54.6 Å². The fraction of sp³-hybridized carbons (Fsp3) is 0.208. The van der Waals surface area contributed by atoms with Crippen LogP contribution in [-0.4, -0.2) is 29.5 Å². The molecule has 2 heterocycles. The standard InChI is InChI=1S/C24H23N3O4/c28-22(12-14-27-20-5-1-2-6-21(20)31-17-24(27)30)25-15-18-8-10-19(11-9-18)16-26-13-4-3-7-23(26)29/h1-11,13H,12,14-17H2,(H,25,28). The molecule has 0 spiro atoms. The van der Waals surface area contributed by atoms with Crippen molar-refractivity contribution in [3.8, 4) is 5.75 Å². The molecule has 0 unspecified atom stereocenters. The number of para-hydroxylation sites is 2. The molecule has 0 radical (unpaired) electrons. The van der Waals surface area contributed by atoms with Gasteiger partial charge in [-0.3, -0.25) is 14.4 Å². The van der Waals surface area contributed by atoms with E-state index >= 15 is 0 Å². The number of amides is 2. The predicted octanol–water partition coefficient (Wildman–Crippen LogP) is 2.33. The van der Waals surface area contributed by atoms with Gasteiger partial charge in [0.05, 0.1) is 12.2 Å². The summed E-state index contributed by atoms with van der Waals surface area (Å²) in [5.41, 5.74) is 2.62. The Morgan fingerprint density at radius 2 is 1.68 bits per heavy atom. The van der Waals surface area contributed by atoms with E-state index in [1.54, 1.807) is 21.7 Å². The summed E-state index contributed by atoms with van der Waals surface area (Å²) in [6.07, 6.45) is 1.96. The molecule has 1 aromatic heterocycles. The van der Waals surface area contributed by atoms with Gasteiger partial charge in [-0.05, 0) is 29.3 Å². The second-order valence-electron chi connectivity index (χ2n) is 7.31. The van der Waals surface area contributed by atoms with Crippen molar-refractivity contribution in [1.29, 1.82) is 0 Å². The van der Waals surface area contributed by atoms with Crippen LogP contribution >= 0.6 is 0 Å². The Labute approximate surface area is 179 Å². The number of rotatable bonds is 7. The predicted molar refractivity (Wildman–Crippen MR) is 117 cm³/mol. The Kier molecular flexibility index (Phi) is 6.12. The third kappa shape index (κ3) is 5.01. The molecule has 0 atom stereocenters. The molecule has 0 saturated carbocycles. The first-order chi connectivity index (χ1) is 15.1. The SMILES string of the molecule is O=C(CCN1C(=O)COc2ccccc21)NCc1ccc(Cn2ccccc2=O)cc1. The summed E-state index contributed by atoms with van der Waals surface area (Å²) >= 11 is 0. The number of hydrogen-bond acceptors (Lipinski definition) is 4. The molecule has 1 N–H and O–H groups in total. The van der Waals surface area contributed by atoms with Crippen LogP contribution in [0.15, 0.2) is 77.7 Å². The van der Waals surface area contributed by atoms with Gasteiger partial charge in [0.15, 0.2) is 6.61 Å². The van der Waals surface area contributed by atoms with Crippen molar-refractivity contribution in [2.45, 2.75) is 19.5 Å². The van der Waals surface area contributed by atoms with Gasteiger partial charge in [0, 0.05) is 31.8 Å². The van der Waals surface area contributed by atoms with E-state index in [1.165, 1.54) is 6.07 Å². The second kappa shape index (κ2) is 9.30. The number of ether oxygens (including phenoxy) is 1. The lowest BCUT2D eigenvalue weighted by Gasteiger charge is -2.29. The zero-order valence-electron chi connectivity index (χ0n) is 17.0. The van der Waals surface area contributed by atoms with E-state index in [-0.39, 0.29) is 30.4 Å². The molecule has 1 aliphatic rings. The van der Waals surface area contributed by atoms with Gasteiger partial charge in [-0.1, -0.05) is 42.5 Å². The van der Waals surface area contributed by atoms with Crippen LogP contribution in [0.5, 0.6) is 5.75 Å². The fourth-order valence-corrected chi connectivity index (χ4v) is 3.45. The maximum atomic E-state index is 12.3. The van der Waals surface area contributed by atoms with Gasteiger partial charge >= 0.3 is 0 Å². The van der Waals surface area contributed by atoms with E-state index in [2.05, 4.69) is 5.32 Å². The summed E-state index contributed by atoms with van der Waals surface area (Å²) in [4.78, 5) is 37.9. The van der Waals surface area contributed by atoms with E-state index in [0.29, 0.717) is 31.1 Å². The van der Waals surface area contributed by atoms with Crippen LogP contribution < -0.4 is 20.5 Å². The average molecular weight is 417 g/mol. The molecular formula is C24H23N3O4. The molecule has 7 heteroatoms. The van der Waals surface area contributed by atoms with Crippen molar-refractivity contribution < 1.29 is 14.3 Å². The molecule has 158 valence electrons. The minimum absolute atomic E-state index is 0.0138. The number of carbonyl (C=O) groups excluding carboxylic acids is 2. The van der Waals surface area contributed by atoms with Crippen molar-refractivity contribution in [2.75, 3.05) is 18.1 Å². The lowest BCUT2D eigenvalue weighted by Crippen LogP contribution is -2.41. The van der Waals surface area contributed by atoms with Crippen molar-refractivity contribution in [3.05, 3.63) is 94.4 Å². The number of aromatic nitrogens is 1. The van der Waals surface area contributed by atoms with Crippen molar-refractivity contribution in [2.24, 2.45) is 0 Å². The molecule has 2 aromatic carbocycles. The third-order valence-corrected chi connectivity index (χ3v) is 5.14. The van der Waals surface area contributed by atoms with E-state index < -0.39 is 0 Å². The number of benzene rings is 2. The Morgan fingerprint density at radius 3 is 2.48 bits per heavy atom. The Bertz CT molecular complexity index is 1140. The number of nitrogens with one attached hydrogen (secondary N) is 1. The Hall–Kier alpha value is -3.87. The summed E-state index contributed by atoms with van der Waals surface area (Å²) in [5.74, 6) is 0.372. The van der Waals surface area contributed by atoms with Crippen molar-refractivity contribution >= 4 is 17.5 Å². The number of pyridine rings is 1. The first-order valence-electron chi connectivity index (χ1n) is 10.1. The van der Waals surface area contributed by atoms with Crippen LogP contribution in [0.4, 0.5) is 5.69 Å². The summed E-state index contributed by atoms with van der Waals surface area (Å²) < 4.78 is 7.06. The molecule has 1 aliphatic heterocycles. The van der Waals surface area contributed by atoms with Crippen LogP contribution in [0.1, 0.15) is 17.5 Å². The highest BCUT2D eigenvalue weighted by Crippen LogP contribution is 2.31. The third-order valence-electron chi connectivity index (χ3n) is 5.14. The van der Waals surface area contributed by atoms with Crippen molar-refractivity contribution in [3.63, 3.8) is 0 Å². The summed E-state index contributed by atoms with van der Waals surface area (Å²) in [6.45, 7) is 1.19. The first-order valence-corrected chi connectivity index (χ1v) is 10.1. The minimum atomic E-state index is -0.153.